The summed E-state index contributed by atoms with van der Waals surface area (Å²) in [6, 6.07) is 7.49. The Bertz CT molecular complexity index is 542. The summed E-state index contributed by atoms with van der Waals surface area (Å²) >= 11 is 0. The Morgan fingerprint density at radius 2 is 2.17 bits per heavy atom. The van der Waals surface area contributed by atoms with Crippen LogP contribution < -0.4 is 15.8 Å². The highest BCUT2D eigenvalue weighted by Crippen LogP contribution is 2.21. The molecule has 0 spiro atoms. The molecule has 0 aliphatic carbocycles. The van der Waals surface area contributed by atoms with E-state index >= 15 is 0 Å². The minimum atomic E-state index is 0.590. The topological polar surface area (TPSA) is 73.1 Å². The number of rotatable bonds is 4. The Morgan fingerprint density at radius 1 is 1.33 bits per heavy atom. The van der Waals surface area contributed by atoms with E-state index in [2.05, 4.69) is 15.5 Å². The highest BCUT2D eigenvalue weighted by molar-refractivity contribution is 5.49. The van der Waals surface area contributed by atoms with E-state index in [1.807, 2.05) is 31.2 Å². The van der Waals surface area contributed by atoms with Crippen LogP contribution in [-0.2, 0) is 6.54 Å². The normalized spacial score (nSPS) is 10.1. The van der Waals surface area contributed by atoms with Crippen molar-refractivity contribution in [3.8, 4) is 5.75 Å². The highest BCUT2D eigenvalue weighted by atomic mass is 16.5. The molecular formula is C13H16N4O. The zero-order valence-corrected chi connectivity index (χ0v) is 10.5. The SMILES string of the molecule is COc1ccc(N)cc1CNc1cc(C)cnn1. The first-order valence-corrected chi connectivity index (χ1v) is 5.64. The minimum absolute atomic E-state index is 0.590. The van der Waals surface area contributed by atoms with Gasteiger partial charge >= 0.3 is 0 Å². The first-order chi connectivity index (χ1) is 8.69. The van der Waals surface area contributed by atoms with Gasteiger partial charge in [-0.2, -0.15) is 5.10 Å². The number of aryl methyl sites for hydroxylation is 1. The number of methoxy groups -OCH3 is 1. The van der Waals surface area contributed by atoms with Crippen LogP contribution in [-0.4, -0.2) is 17.3 Å². The second kappa shape index (κ2) is 5.35. The third-order valence-corrected chi connectivity index (χ3v) is 2.56. The van der Waals surface area contributed by atoms with Crippen molar-refractivity contribution in [2.45, 2.75) is 13.5 Å². The molecule has 94 valence electrons. The first kappa shape index (κ1) is 12.2. The smallest absolute Gasteiger partial charge is 0.149 e. The highest BCUT2D eigenvalue weighted by Gasteiger charge is 2.04. The molecule has 0 amide bonds. The molecule has 0 radical (unpaired) electrons. The molecule has 5 heteroatoms. The van der Waals surface area contributed by atoms with E-state index in [1.54, 1.807) is 13.3 Å². The lowest BCUT2D eigenvalue weighted by Crippen LogP contribution is -2.04. The minimum Gasteiger partial charge on any atom is -0.496 e. The number of hydrogen-bond acceptors (Lipinski definition) is 5. The zero-order valence-electron chi connectivity index (χ0n) is 10.5. The number of ether oxygens (including phenoxy) is 1. The first-order valence-electron chi connectivity index (χ1n) is 5.64. The average molecular weight is 244 g/mol. The predicted molar refractivity (Wildman–Crippen MR) is 71.5 cm³/mol. The van der Waals surface area contributed by atoms with Gasteiger partial charge in [-0.05, 0) is 36.8 Å². The molecule has 0 aliphatic heterocycles. The number of aromatic nitrogens is 2. The third-order valence-electron chi connectivity index (χ3n) is 2.56. The molecule has 0 fully saturated rings. The molecular weight excluding hydrogens is 228 g/mol. The predicted octanol–water partition coefficient (Wildman–Crippen LogP) is 1.99. The fraction of sp³-hybridized carbons (Fsp3) is 0.231. The Hall–Kier alpha value is -2.30. The summed E-state index contributed by atoms with van der Waals surface area (Å²) in [5, 5.41) is 11.1. The van der Waals surface area contributed by atoms with E-state index in [4.69, 9.17) is 10.5 Å². The maximum absolute atomic E-state index is 5.76. The summed E-state index contributed by atoms with van der Waals surface area (Å²) in [7, 11) is 1.64. The Balaban J connectivity index is 2.12. The van der Waals surface area contributed by atoms with Crippen LogP contribution in [0.3, 0.4) is 0 Å². The molecule has 1 aromatic heterocycles. The lowest BCUT2D eigenvalue weighted by atomic mass is 10.1. The lowest BCUT2D eigenvalue weighted by molar-refractivity contribution is 0.410. The second-order valence-corrected chi connectivity index (χ2v) is 4.04. The van der Waals surface area contributed by atoms with Gasteiger partial charge in [-0.1, -0.05) is 0 Å². The van der Waals surface area contributed by atoms with Crippen LogP contribution in [0.4, 0.5) is 11.5 Å². The molecule has 2 rings (SSSR count). The molecule has 0 atom stereocenters. The molecule has 0 saturated heterocycles. The number of anilines is 2. The number of nitrogens with zero attached hydrogens (tertiary/aromatic N) is 2. The number of nitrogens with two attached hydrogens (primary N) is 1. The van der Waals surface area contributed by atoms with E-state index in [0.717, 1.165) is 22.7 Å². The molecule has 0 aliphatic rings. The summed E-state index contributed by atoms with van der Waals surface area (Å²) in [5.41, 5.74) is 8.52. The summed E-state index contributed by atoms with van der Waals surface area (Å²) in [6.45, 7) is 2.56. The van der Waals surface area contributed by atoms with Crippen molar-refractivity contribution in [1.29, 1.82) is 0 Å². The Labute approximate surface area is 106 Å². The van der Waals surface area contributed by atoms with Crippen molar-refractivity contribution < 1.29 is 4.74 Å². The summed E-state index contributed by atoms with van der Waals surface area (Å²) < 4.78 is 5.28. The van der Waals surface area contributed by atoms with Crippen LogP contribution in [0.1, 0.15) is 11.1 Å². The van der Waals surface area contributed by atoms with E-state index < -0.39 is 0 Å². The van der Waals surface area contributed by atoms with Gasteiger partial charge in [-0.3, -0.25) is 0 Å². The van der Waals surface area contributed by atoms with Crippen LogP contribution >= 0.6 is 0 Å². The van der Waals surface area contributed by atoms with Crippen LogP contribution in [0.2, 0.25) is 0 Å². The quantitative estimate of drug-likeness (QED) is 0.805. The Morgan fingerprint density at radius 3 is 2.89 bits per heavy atom. The summed E-state index contributed by atoms with van der Waals surface area (Å²) in [6.07, 6.45) is 1.71. The maximum atomic E-state index is 5.76. The number of nitrogen functional groups attached to an aromatic ring is 1. The molecule has 1 heterocycles. The molecule has 18 heavy (non-hydrogen) atoms. The van der Waals surface area contributed by atoms with Gasteiger partial charge in [-0.15, -0.1) is 5.10 Å². The van der Waals surface area contributed by atoms with Crippen LogP contribution in [0.15, 0.2) is 30.5 Å². The average Bonchev–Trinajstić information content (AvgIpc) is 2.37. The van der Waals surface area contributed by atoms with Gasteiger partial charge in [0.15, 0.2) is 0 Å². The molecule has 5 nitrogen and oxygen atoms in total. The van der Waals surface area contributed by atoms with Gasteiger partial charge in [0.1, 0.15) is 11.6 Å². The van der Waals surface area contributed by atoms with Crippen molar-refractivity contribution in [3.63, 3.8) is 0 Å². The Kier molecular flexibility index (Phi) is 3.62. The lowest BCUT2D eigenvalue weighted by Gasteiger charge is -2.10. The fourth-order valence-corrected chi connectivity index (χ4v) is 1.67. The van der Waals surface area contributed by atoms with Crippen LogP contribution in [0, 0.1) is 6.92 Å². The molecule has 0 saturated carbocycles. The summed E-state index contributed by atoms with van der Waals surface area (Å²) in [4.78, 5) is 0. The largest absolute Gasteiger partial charge is 0.496 e. The zero-order chi connectivity index (χ0) is 13.0. The van der Waals surface area contributed by atoms with Crippen molar-refractivity contribution >= 4 is 11.5 Å². The van der Waals surface area contributed by atoms with Gasteiger partial charge in [0, 0.05) is 17.8 Å². The van der Waals surface area contributed by atoms with Crippen molar-refractivity contribution in [2.75, 3.05) is 18.2 Å². The molecule has 1 aromatic carbocycles. The fourth-order valence-electron chi connectivity index (χ4n) is 1.67. The van der Waals surface area contributed by atoms with Crippen molar-refractivity contribution in [3.05, 3.63) is 41.6 Å². The molecule has 0 unspecified atom stereocenters. The number of nitrogens with one attached hydrogen (secondary N) is 1. The van der Waals surface area contributed by atoms with E-state index in [0.29, 0.717) is 12.2 Å². The van der Waals surface area contributed by atoms with Gasteiger partial charge in [0.05, 0.1) is 13.3 Å². The maximum Gasteiger partial charge on any atom is 0.149 e. The van der Waals surface area contributed by atoms with E-state index in [-0.39, 0.29) is 0 Å². The monoisotopic (exact) mass is 244 g/mol. The van der Waals surface area contributed by atoms with Crippen molar-refractivity contribution in [2.24, 2.45) is 0 Å². The van der Waals surface area contributed by atoms with Gasteiger partial charge in [0.25, 0.3) is 0 Å². The van der Waals surface area contributed by atoms with Crippen molar-refractivity contribution in [1.82, 2.24) is 10.2 Å². The van der Waals surface area contributed by atoms with E-state index in [1.165, 1.54) is 0 Å². The van der Waals surface area contributed by atoms with Crippen LogP contribution in [0.5, 0.6) is 5.75 Å². The molecule has 0 bridgehead atoms. The van der Waals surface area contributed by atoms with Gasteiger partial charge < -0.3 is 15.8 Å². The van der Waals surface area contributed by atoms with E-state index in [9.17, 15) is 0 Å². The molecule has 3 N–H and O–H groups in total. The van der Waals surface area contributed by atoms with Gasteiger partial charge in [0.2, 0.25) is 0 Å². The van der Waals surface area contributed by atoms with Gasteiger partial charge in [-0.25, -0.2) is 0 Å². The molecule has 2 aromatic rings. The summed E-state index contributed by atoms with van der Waals surface area (Å²) in [5.74, 6) is 1.54. The second-order valence-electron chi connectivity index (χ2n) is 4.04. The van der Waals surface area contributed by atoms with Crippen LogP contribution in [0.25, 0.3) is 0 Å². The third kappa shape index (κ3) is 2.88. The number of hydrogen-bond donors (Lipinski definition) is 2. The number of benzene rings is 1. The standard InChI is InChI=1S/C13H16N4O/c1-9-5-13(17-16-7-9)15-8-10-6-11(14)3-4-12(10)18-2/h3-7H,8,14H2,1-2H3,(H,15,17).